The number of carbonyl (C=O) groups excluding carboxylic acids is 5. The number of alkyl carbamates (subject to hydrolysis) is 1. The van der Waals surface area contributed by atoms with E-state index in [1.165, 1.54) is 11.3 Å². The van der Waals surface area contributed by atoms with Crippen LogP contribution >= 0.6 is 11.3 Å². The summed E-state index contributed by atoms with van der Waals surface area (Å²) in [6, 6.07) is 5.61. The average Bonchev–Trinajstić information content (AvgIpc) is 3.48. The zero-order valence-corrected chi connectivity index (χ0v) is 27.1. The topological polar surface area (TPSA) is 220 Å². The number of thiazole rings is 1. The second-order valence-corrected chi connectivity index (χ2v) is 12.5. The molecule has 0 fully saturated rings. The highest BCUT2D eigenvalue weighted by molar-refractivity contribution is 7.07. The van der Waals surface area contributed by atoms with Crippen LogP contribution in [0.25, 0.3) is 0 Å². The van der Waals surface area contributed by atoms with Crippen LogP contribution in [-0.4, -0.2) is 70.8 Å². The maximum atomic E-state index is 13.5. The molecule has 0 saturated carbocycles. The number of guanidine groups is 1. The molecule has 0 bridgehead atoms. The average molecular weight is 645 g/mol. The molecule has 2 rings (SSSR count). The predicted octanol–water partition coefficient (Wildman–Crippen LogP) is 1.14. The zero-order chi connectivity index (χ0) is 33.6. The molecule has 0 spiro atoms. The number of aromatic nitrogens is 1. The van der Waals surface area contributed by atoms with Gasteiger partial charge < -0.3 is 37.5 Å². The maximum Gasteiger partial charge on any atom is 0.408 e. The second-order valence-electron chi connectivity index (χ2n) is 11.8. The van der Waals surface area contributed by atoms with E-state index in [1.807, 2.05) is 18.2 Å². The molecule has 4 amide bonds. The van der Waals surface area contributed by atoms with Crippen molar-refractivity contribution in [1.82, 2.24) is 26.3 Å². The third kappa shape index (κ3) is 13.8. The molecule has 15 heteroatoms. The van der Waals surface area contributed by atoms with Crippen molar-refractivity contribution in [2.75, 3.05) is 6.54 Å². The minimum Gasteiger partial charge on any atom is -0.445 e. The number of hydrogen-bond donors (Lipinski definition) is 6. The highest BCUT2D eigenvalue weighted by atomic mass is 32.1. The van der Waals surface area contributed by atoms with Crippen molar-refractivity contribution in [3.63, 3.8) is 0 Å². The largest absolute Gasteiger partial charge is 0.445 e. The highest BCUT2D eigenvalue weighted by Gasteiger charge is 2.34. The number of rotatable bonds is 16. The van der Waals surface area contributed by atoms with Gasteiger partial charge in [-0.05, 0) is 45.1 Å². The Balaban J connectivity index is 2.18. The molecule has 1 aromatic carbocycles. The van der Waals surface area contributed by atoms with Gasteiger partial charge in [-0.1, -0.05) is 44.2 Å². The van der Waals surface area contributed by atoms with Crippen molar-refractivity contribution < 1.29 is 28.7 Å². The van der Waals surface area contributed by atoms with Crippen LogP contribution in [0.3, 0.4) is 0 Å². The van der Waals surface area contributed by atoms with Crippen molar-refractivity contribution in [1.29, 1.82) is 0 Å². The highest BCUT2D eigenvalue weighted by Crippen LogP contribution is 2.10. The van der Waals surface area contributed by atoms with Crippen LogP contribution in [-0.2, 0) is 36.9 Å². The summed E-state index contributed by atoms with van der Waals surface area (Å²) in [5.41, 5.74) is 13.0. The van der Waals surface area contributed by atoms with E-state index in [1.54, 1.807) is 57.6 Å². The fourth-order valence-electron chi connectivity index (χ4n) is 4.05. The third-order valence-corrected chi connectivity index (χ3v) is 6.89. The Labute approximate surface area is 267 Å². The lowest BCUT2D eigenvalue weighted by atomic mass is 9.99. The molecule has 14 nitrogen and oxygen atoms in total. The molecule has 0 aliphatic rings. The molecule has 0 aliphatic carbocycles. The van der Waals surface area contributed by atoms with Crippen LogP contribution in [0.4, 0.5) is 4.79 Å². The van der Waals surface area contributed by atoms with Gasteiger partial charge in [-0.3, -0.25) is 24.2 Å². The molecule has 3 atom stereocenters. The van der Waals surface area contributed by atoms with Crippen LogP contribution in [0.2, 0.25) is 0 Å². The predicted molar refractivity (Wildman–Crippen MR) is 171 cm³/mol. The lowest BCUT2D eigenvalue weighted by molar-refractivity contribution is -0.141. The number of benzene rings is 1. The van der Waals surface area contributed by atoms with Gasteiger partial charge >= 0.3 is 6.09 Å². The minimum absolute atomic E-state index is 0.00384. The number of nitrogens with two attached hydrogens (primary N) is 2. The Morgan fingerprint density at radius 3 is 2.24 bits per heavy atom. The summed E-state index contributed by atoms with van der Waals surface area (Å²) in [6.45, 7) is 8.77. The van der Waals surface area contributed by atoms with E-state index in [4.69, 9.17) is 16.2 Å². The lowest BCUT2D eigenvalue weighted by Gasteiger charge is -2.27. The first-order chi connectivity index (χ1) is 21.2. The molecule has 0 unspecified atom stereocenters. The molecule has 2 aromatic rings. The van der Waals surface area contributed by atoms with E-state index < -0.39 is 59.2 Å². The standard InChI is InChI=1S/C30H44N8O6S/c1-18(2)23(26(41)35-21(12-9-13-33-28(31)32)24(39)27(42)38-30(3,4)5)37-25(40)22(14-20-16-45-17-34-20)36-29(43)44-15-19-10-7-6-8-11-19/h6-8,10-11,16-18,21-23H,9,12-15H2,1-5H3,(H,35,41)(H,36,43)(H,37,40)(H,38,42)(H4,31,32,33)/t21-,22-,23-/m0/s1. The van der Waals surface area contributed by atoms with E-state index in [9.17, 15) is 24.0 Å². The molecule has 246 valence electrons. The van der Waals surface area contributed by atoms with Crippen molar-refractivity contribution in [2.24, 2.45) is 22.4 Å². The van der Waals surface area contributed by atoms with Gasteiger partial charge in [0.05, 0.1) is 17.2 Å². The fourth-order valence-corrected chi connectivity index (χ4v) is 4.62. The molecule has 1 aromatic heterocycles. The molecule has 0 radical (unpaired) electrons. The first kappa shape index (κ1) is 36.7. The van der Waals surface area contributed by atoms with Gasteiger partial charge in [0.25, 0.3) is 5.91 Å². The zero-order valence-electron chi connectivity index (χ0n) is 26.3. The Bertz CT molecular complexity index is 1310. The number of nitrogens with zero attached hydrogens (tertiary/aromatic N) is 2. The number of ketones is 1. The van der Waals surface area contributed by atoms with E-state index in [-0.39, 0.29) is 32.0 Å². The van der Waals surface area contributed by atoms with Crippen LogP contribution in [0.5, 0.6) is 0 Å². The summed E-state index contributed by atoms with van der Waals surface area (Å²) in [4.78, 5) is 73.5. The summed E-state index contributed by atoms with van der Waals surface area (Å²) < 4.78 is 5.30. The maximum absolute atomic E-state index is 13.5. The van der Waals surface area contributed by atoms with Crippen molar-refractivity contribution in [2.45, 2.75) is 84.2 Å². The number of amides is 4. The van der Waals surface area contributed by atoms with Gasteiger partial charge in [0.2, 0.25) is 17.6 Å². The third-order valence-electron chi connectivity index (χ3n) is 6.26. The monoisotopic (exact) mass is 644 g/mol. The van der Waals surface area contributed by atoms with Gasteiger partial charge in [-0.2, -0.15) is 0 Å². The summed E-state index contributed by atoms with van der Waals surface area (Å²) in [5.74, 6) is -3.60. The summed E-state index contributed by atoms with van der Waals surface area (Å²) in [5, 5.41) is 12.2. The fraction of sp³-hybridized carbons (Fsp3) is 0.500. The Morgan fingerprint density at radius 2 is 1.67 bits per heavy atom. The number of aliphatic imine (C=N–C) groups is 1. The quantitative estimate of drug-likeness (QED) is 0.0667. The van der Waals surface area contributed by atoms with Gasteiger partial charge in [-0.15, -0.1) is 11.3 Å². The van der Waals surface area contributed by atoms with Crippen LogP contribution in [0.15, 0.2) is 46.2 Å². The second kappa shape index (κ2) is 17.7. The Kier molecular flexibility index (Phi) is 14.4. The molecular weight excluding hydrogens is 600 g/mol. The van der Waals surface area contributed by atoms with E-state index >= 15 is 0 Å². The Hall–Kier alpha value is -4.53. The van der Waals surface area contributed by atoms with Crippen molar-refractivity contribution in [3.05, 3.63) is 52.5 Å². The number of Topliss-reactive ketones (excluding diaryl/α,β-unsaturated/α-hetero) is 1. The summed E-state index contributed by atoms with van der Waals surface area (Å²) in [6.07, 6.45) is -0.419. The molecule has 45 heavy (non-hydrogen) atoms. The van der Waals surface area contributed by atoms with Gasteiger partial charge in [0.15, 0.2) is 5.96 Å². The van der Waals surface area contributed by atoms with Crippen LogP contribution < -0.4 is 32.7 Å². The molecule has 8 N–H and O–H groups in total. The number of ether oxygens (including phenoxy) is 1. The van der Waals surface area contributed by atoms with Crippen LogP contribution in [0.1, 0.15) is 58.7 Å². The molecule has 0 aliphatic heterocycles. The smallest absolute Gasteiger partial charge is 0.408 e. The van der Waals surface area contributed by atoms with Gasteiger partial charge in [-0.25, -0.2) is 9.78 Å². The first-order valence-corrected chi connectivity index (χ1v) is 15.5. The molecule has 0 saturated heterocycles. The number of hydrogen-bond acceptors (Lipinski definition) is 9. The van der Waals surface area contributed by atoms with Gasteiger partial charge in [0.1, 0.15) is 18.7 Å². The van der Waals surface area contributed by atoms with Gasteiger partial charge in [0, 0.05) is 23.9 Å². The first-order valence-electron chi connectivity index (χ1n) is 14.5. The van der Waals surface area contributed by atoms with Crippen LogP contribution in [0, 0.1) is 5.92 Å². The SMILES string of the molecule is CC(C)[C@H](NC(=O)[C@H](Cc1cscn1)NC(=O)OCc1ccccc1)C(=O)N[C@@H](CCCN=C(N)N)C(=O)C(=O)NC(C)(C)C. The molecule has 1 heterocycles. The summed E-state index contributed by atoms with van der Waals surface area (Å²) >= 11 is 1.33. The van der Waals surface area contributed by atoms with Crippen molar-refractivity contribution >= 4 is 46.9 Å². The normalized spacial score (nSPS) is 13.1. The van der Waals surface area contributed by atoms with E-state index in [2.05, 4.69) is 31.2 Å². The minimum atomic E-state index is -1.20. The van der Waals surface area contributed by atoms with E-state index in [0.717, 1.165) is 5.56 Å². The lowest BCUT2D eigenvalue weighted by Crippen LogP contribution is -2.59. The number of nitrogens with one attached hydrogen (secondary N) is 4. The van der Waals surface area contributed by atoms with Crippen molar-refractivity contribution in [3.8, 4) is 0 Å². The van der Waals surface area contributed by atoms with E-state index in [0.29, 0.717) is 12.1 Å². The Morgan fingerprint density at radius 1 is 0.978 bits per heavy atom. The molecular formula is C30H44N8O6S. The number of carbonyl (C=O) groups is 5. The summed E-state index contributed by atoms with van der Waals surface area (Å²) in [7, 11) is 0.